The molecule has 0 aromatic heterocycles. The number of nitrogens with one attached hydrogen (secondary N) is 1. The Labute approximate surface area is 119 Å². The normalized spacial score (nSPS) is 11.7. The molecule has 1 aromatic carbocycles. The van der Waals surface area contributed by atoms with E-state index in [1.54, 1.807) is 11.8 Å². The van der Waals surface area contributed by atoms with Gasteiger partial charge in [-0.25, -0.2) is 0 Å². The van der Waals surface area contributed by atoms with Gasteiger partial charge in [0.15, 0.2) is 0 Å². The minimum Gasteiger partial charge on any atom is -0.480 e. The Hall–Kier alpha value is -0.710. The number of carboxylic acids is 1. The van der Waals surface area contributed by atoms with Crippen LogP contribution in [0.5, 0.6) is 0 Å². The van der Waals surface area contributed by atoms with Gasteiger partial charge in [-0.15, -0.1) is 12.4 Å². The topological polar surface area (TPSA) is 49.3 Å². The van der Waals surface area contributed by atoms with Crippen molar-refractivity contribution in [2.75, 3.05) is 12.0 Å². The largest absolute Gasteiger partial charge is 0.480 e. The summed E-state index contributed by atoms with van der Waals surface area (Å²) in [4.78, 5) is 11.0. The fourth-order valence-corrected chi connectivity index (χ4v) is 2.08. The molecule has 102 valence electrons. The highest BCUT2D eigenvalue weighted by Crippen LogP contribution is 2.06. The van der Waals surface area contributed by atoms with Crippen LogP contribution >= 0.6 is 24.2 Å². The van der Waals surface area contributed by atoms with Crippen LogP contribution in [0.2, 0.25) is 0 Å². The van der Waals surface area contributed by atoms with Gasteiger partial charge in [-0.2, -0.15) is 11.8 Å². The number of carboxylic acid groups (broad SMARTS) is 1. The second-order valence-electron chi connectivity index (χ2n) is 4.04. The Bertz CT molecular complexity index is 374. The van der Waals surface area contributed by atoms with Crippen molar-refractivity contribution < 1.29 is 9.90 Å². The lowest BCUT2D eigenvalue weighted by molar-refractivity contribution is -0.139. The van der Waals surface area contributed by atoms with Crippen molar-refractivity contribution in [2.24, 2.45) is 0 Å². The molecule has 1 atom stereocenters. The number of hydrogen-bond donors (Lipinski definition) is 2. The van der Waals surface area contributed by atoms with Crippen molar-refractivity contribution in [3.05, 3.63) is 35.4 Å². The molecular formula is C13H20ClNO2S. The molecule has 0 spiro atoms. The predicted octanol–water partition coefficient (Wildman–Crippen LogP) is 2.71. The van der Waals surface area contributed by atoms with E-state index >= 15 is 0 Å². The molecule has 0 saturated carbocycles. The molecule has 0 saturated heterocycles. The van der Waals surface area contributed by atoms with Gasteiger partial charge in [0.25, 0.3) is 0 Å². The van der Waals surface area contributed by atoms with Gasteiger partial charge in [-0.3, -0.25) is 4.79 Å². The van der Waals surface area contributed by atoms with Gasteiger partial charge >= 0.3 is 5.97 Å². The molecule has 2 N–H and O–H groups in total. The van der Waals surface area contributed by atoms with Crippen LogP contribution in [0.3, 0.4) is 0 Å². The molecule has 0 aliphatic carbocycles. The molecule has 3 nitrogen and oxygen atoms in total. The molecule has 0 bridgehead atoms. The number of carbonyl (C=O) groups is 1. The second kappa shape index (κ2) is 9.25. The maximum Gasteiger partial charge on any atom is 0.320 e. The van der Waals surface area contributed by atoms with Crippen LogP contribution in [0, 0.1) is 6.92 Å². The summed E-state index contributed by atoms with van der Waals surface area (Å²) in [6.45, 7) is 2.64. The Morgan fingerprint density at radius 2 is 2.22 bits per heavy atom. The SMILES string of the molecule is CSCCC(NCc1cccc(C)c1)C(=O)O.Cl. The van der Waals surface area contributed by atoms with Crippen LogP contribution in [0.25, 0.3) is 0 Å². The molecule has 5 heteroatoms. The quantitative estimate of drug-likeness (QED) is 0.810. The second-order valence-corrected chi connectivity index (χ2v) is 5.03. The first-order chi connectivity index (χ1) is 8.13. The Balaban J connectivity index is 0.00000289. The van der Waals surface area contributed by atoms with E-state index in [9.17, 15) is 4.79 Å². The maximum atomic E-state index is 11.0. The van der Waals surface area contributed by atoms with Crippen molar-refractivity contribution in [3.63, 3.8) is 0 Å². The summed E-state index contributed by atoms with van der Waals surface area (Å²) in [6, 6.07) is 7.65. The maximum absolute atomic E-state index is 11.0. The Morgan fingerprint density at radius 3 is 2.78 bits per heavy atom. The smallest absolute Gasteiger partial charge is 0.320 e. The van der Waals surface area contributed by atoms with E-state index in [0.717, 1.165) is 11.3 Å². The van der Waals surface area contributed by atoms with Crippen LogP contribution in [0.4, 0.5) is 0 Å². The number of benzene rings is 1. The first-order valence-electron chi connectivity index (χ1n) is 5.64. The van der Waals surface area contributed by atoms with E-state index in [1.807, 2.05) is 31.4 Å². The van der Waals surface area contributed by atoms with Crippen molar-refractivity contribution >= 4 is 30.1 Å². The van der Waals surface area contributed by atoms with E-state index in [4.69, 9.17) is 5.11 Å². The Morgan fingerprint density at radius 1 is 1.50 bits per heavy atom. The van der Waals surface area contributed by atoms with Crippen molar-refractivity contribution in [3.8, 4) is 0 Å². The lowest BCUT2D eigenvalue weighted by atomic mass is 10.1. The van der Waals surface area contributed by atoms with Crippen LogP contribution in [0.1, 0.15) is 17.5 Å². The molecule has 18 heavy (non-hydrogen) atoms. The van der Waals surface area contributed by atoms with Gasteiger partial charge in [0.05, 0.1) is 0 Å². The predicted molar refractivity (Wildman–Crippen MR) is 79.7 cm³/mol. The van der Waals surface area contributed by atoms with E-state index < -0.39 is 12.0 Å². The van der Waals surface area contributed by atoms with Crippen LogP contribution in [-0.4, -0.2) is 29.1 Å². The number of aryl methyl sites for hydroxylation is 1. The zero-order valence-corrected chi connectivity index (χ0v) is 12.3. The van der Waals surface area contributed by atoms with Gasteiger partial charge in [0.2, 0.25) is 0 Å². The standard InChI is InChI=1S/C13H19NO2S.ClH/c1-10-4-3-5-11(8-10)9-14-12(13(15)16)6-7-17-2;/h3-5,8,12,14H,6-7,9H2,1-2H3,(H,15,16);1H. The van der Waals surface area contributed by atoms with Gasteiger partial charge in [-0.05, 0) is 30.9 Å². The number of halogens is 1. The van der Waals surface area contributed by atoms with E-state index in [1.165, 1.54) is 5.56 Å². The fourth-order valence-electron chi connectivity index (χ4n) is 1.61. The fraction of sp³-hybridized carbons (Fsp3) is 0.462. The summed E-state index contributed by atoms with van der Waals surface area (Å²) in [5.41, 5.74) is 2.32. The number of aliphatic carboxylic acids is 1. The molecule has 1 unspecified atom stereocenters. The summed E-state index contributed by atoms with van der Waals surface area (Å²) >= 11 is 1.67. The highest BCUT2D eigenvalue weighted by Gasteiger charge is 2.15. The summed E-state index contributed by atoms with van der Waals surface area (Å²) < 4.78 is 0. The van der Waals surface area contributed by atoms with E-state index in [0.29, 0.717) is 13.0 Å². The lowest BCUT2D eigenvalue weighted by Crippen LogP contribution is -2.36. The summed E-state index contributed by atoms with van der Waals surface area (Å²) in [6.07, 6.45) is 2.64. The van der Waals surface area contributed by atoms with Crippen molar-refractivity contribution in [1.29, 1.82) is 0 Å². The van der Waals surface area contributed by atoms with Gasteiger partial charge in [0, 0.05) is 6.54 Å². The molecule has 0 radical (unpaired) electrons. The highest BCUT2D eigenvalue weighted by molar-refractivity contribution is 7.98. The van der Waals surface area contributed by atoms with E-state index in [2.05, 4.69) is 11.4 Å². The molecule has 0 heterocycles. The van der Waals surface area contributed by atoms with Gasteiger partial charge in [-0.1, -0.05) is 29.8 Å². The van der Waals surface area contributed by atoms with Crippen molar-refractivity contribution in [1.82, 2.24) is 5.32 Å². The van der Waals surface area contributed by atoms with Gasteiger partial charge < -0.3 is 10.4 Å². The van der Waals surface area contributed by atoms with E-state index in [-0.39, 0.29) is 12.4 Å². The van der Waals surface area contributed by atoms with Gasteiger partial charge in [0.1, 0.15) is 6.04 Å². The third kappa shape index (κ3) is 6.28. The summed E-state index contributed by atoms with van der Waals surface area (Å²) in [5, 5.41) is 12.1. The van der Waals surface area contributed by atoms with Crippen LogP contribution in [0.15, 0.2) is 24.3 Å². The first kappa shape index (κ1) is 17.3. The number of hydrogen-bond acceptors (Lipinski definition) is 3. The average Bonchev–Trinajstić information content (AvgIpc) is 2.28. The zero-order valence-electron chi connectivity index (χ0n) is 10.7. The zero-order chi connectivity index (χ0) is 12.7. The molecular weight excluding hydrogens is 270 g/mol. The third-order valence-corrected chi connectivity index (χ3v) is 3.19. The summed E-state index contributed by atoms with van der Waals surface area (Å²) in [5.74, 6) is 0.0873. The minimum absolute atomic E-state index is 0. The monoisotopic (exact) mass is 289 g/mol. The minimum atomic E-state index is -0.772. The molecule has 0 amide bonds. The molecule has 0 fully saturated rings. The number of rotatable bonds is 7. The highest BCUT2D eigenvalue weighted by atomic mass is 35.5. The molecule has 1 aromatic rings. The van der Waals surface area contributed by atoms with Crippen molar-refractivity contribution in [2.45, 2.75) is 25.9 Å². The molecule has 0 aliphatic heterocycles. The average molecular weight is 290 g/mol. The summed E-state index contributed by atoms with van der Waals surface area (Å²) in [7, 11) is 0. The number of thioether (sulfide) groups is 1. The molecule has 1 rings (SSSR count). The van der Waals surface area contributed by atoms with Crippen LogP contribution < -0.4 is 5.32 Å². The van der Waals surface area contributed by atoms with Crippen LogP contribution in [-0.2, 0) is 11.3 Å². The first-order valence-corrected chi connectivity index (χ1v) is 7.03. The third-order valence-electron chi connectivity index (χ3n) is 2.54. The molecule has 0 aliphatic rings. The lowest BCUT2D eigenvalue weighted by Gasteiger charge is -2.14. The Kier molecular flexibility index (Phi) is 8.89.